The molecule has 0 radical (unpaired) electrons. The molecule has 0 bridgehead atoms. The van der Waals surface area contributed by atoms with Crippen molar-refractivity contribution < 1.29 is 35.9 Å². The number of benzene rings is 2. The molecule has 0 heterocycles. The fraction of sp³-hybridized carbons (Fsp3) is 0.316. The smallest absolute Gasteiger partial charge is 0.376 e. The highest BCUT2D eigenvalue weighted by molar-refractivity contribution is 5.80. The maximum absolute atomic E-state index is 12.8. The molecule has 8 heteroatoms. The SMILES string of the molecule is O=C(CCOCc1cc(C(F)(F)F)cc(C(F)(F)F)c1)Cc1ccccc1. The van der Waals surface area contributed by atoms with Gasteiger partial charge in [0, 0.05) is 12.8 Å². The summed E-state index contributed by atoms with van der Waals surface area (Å²) in [7, 11) is 0. The van der Waals surface area contributed by atoms with Crippen molar-refractivity contribution in [2.45, 2.75) is 31.8 Å². The van der Waals surface area contributed by atoms with Crippen LogP contribution in [0.4, 0.5) is 26.3 Å². The fourth-order valence-corrected chi connectivity index (χ4v) is 2.39. The van der Waals surface area contributed by atoms with E-state index in [1.54, 1.807) is 30.3 Å². The van der Waals surface area contributed by atoms with Crippen LogP contribution in [-0.2, 0) is 34.9 Å². The quantitative estimate of drug-likeness (QED) is 0.465. The Kier molecular flexibility index (Phi) is 6.64. The Labute approximate surface area is 151 Å². The molecule has 0 atom stereocenters. The third-order valence-corrected chi connectivity index (χ3v) is 3.69. The number of rotatable bonds is 7. The third kappa shape index (κ3) is 6.71. The first-order valence-electron chi connectivity index (χ1n) is 7.97. The summed E-state index contributed by atoms with van der Waals surface area (Å²) in [6.07, 6.45) is -9.60. The highest BCUT2D eigenvalue weighted by Gasteiger charge is 2.36. The normalized spacial score (nSPS) is 12.2. The molecule has 0 spiro atoms. The van der Waals surface area contributed by atoms with Crippen LogP contribution in [0.2, 0.25) is 0 Å². The molecule has 0 saturated heterocycles. The third-order valence-electron chi connectivity index (χ3n) is 3.69. The Morgan fingerprint density at radius 1 is 0.815 bits per heavy atom. The first-order chi connectivity index (χ1) is 12.6. The average molecular weight is 390 g/mol. The summed E-state index contributed by atoms with van der Waals surface area (Å²) >= 11 is 0. The molecule has 146 valence electrons. The van der Waals surface area contributed by atoms with Crippen molar-refractivity contribution in [3.05, 3.63) is 70.8 Å². The first-order valence-corrected chi connectivity index (χ1v) is 7.97. The molecule has 0 unspecified atom stereocenters. The second-order valence-corrected chi connectivity index (χ2v) is 5.92. The summed E-state index contributed by atoms with van der Waals surface area (Å²) in [4.78, 5) is 11.8. The number of alkyl halides is 6. The minimum atomic E-state index is -4.90. The standard InChI is InChI=1S/C19H16F6O2/c20-18(21,22)15-8-14(9-16(11-15)19(23,24)25)12-27-7-6-17(26)10-13-4-2-1-3-5-13/h1-5,8-9,11H,6-7,10,12H2. The number of ether oxygens (including phenoxy) is 1. The number of ketones is 1. The summed E-state index contributed by atoms with van der Waals surface area (Å²) in [6, 6.07) is 10.2. The minimum absolute atomic E-state index is 0.0139. The number of carbonyl (C=O) groups excluding carboxylic acids is 1. The van der Waals surface area contributed by atoms with Crippen molar-refractivity contribution in [3.63, 3.8) is 0 Å². The summed E-state index contributed by atoms with van der Waals surface area (Å²) in [5.41, 5.74) is -2.23. The molecule has 0 fully saturated rings. The van der Waals surface area contributed by atoms with Crippen LogP contribution < -0.4 is 0 Å². The van der Waals surface area contributed by atoms with Crippen LogP contribution in [-0.4, -0.2) is 12.4 Å². The minimum Gasteiger partial charge on any atom is -0.376 e. The molecule has 0 aliphatic heterocycles. The van der Waals surface area contributed by atoms with E-state index in [9.17, 15) is 31.1 Å². The van der Waals surface area contributed by atoms with Crippen molar-refractivity contribution >= 4 is 5.78 Å². The molecule has 0 aromatic heterocycles. The number of carbonyl (C=O) groups is 1. The molecule has 2 rings (SSSR count). The molecule has 0 aliphatic carbocycles. The van der Waals surface area contributed by atoms with E-state index in [-0.39, 0.29) is 36.9 Å². The summed E-state index contributed by atoms with van der Waals surface area (Å²) in [5, 5.41) is 0. The lowest BCUT2D eigenvalue weighted by Crippen LogP contribution is -2.12. The van der Waals surface area contributed by atoms with E-state index >= 15 is 0 Å². The van der Waals surface area contributed by atoms with Crippen molar-refractivity contribution in [3.8, 4) is 0 Å². The van der Waals surface area contributed by atoms with E-state index in [1.165, 1.54) is 0 Å². The van der Waals surface area contributed by atoms with Gasteiger partial charge in [0.15, 0.2) is 0 Å². The molecule has 27 heavy (non-hydrogen) atoms. The monoisotopic (exact) mass is 390 g/mol. The van der Waals surface area contributed by atoms with E-state index in [0.29, 0.717) is 12.1 Å². The van der Waals surface area contributed by atoms with Crippen LogP contribution in [0.5, 0.6) is 0 Å². The number of Topliss-reactive ketones (excluding diaryl/α,β-unsaturated/α-hetero) is 1. The van der Waals surface area contributed by atoms with Gasteiger partial charge < -0.3 is 4.74 Å². The number of hydrogen-bond donors (Lipinski definition) is 0. The number of hydrogen-bond acceptors (Lipinski definition) is 2. The van der Waals surface area contributed by atoms with Crippen molar-refractivity contribution in [1.29, 1.82) is 0 Å². The predicted molar refractivity (Wildman–Crippen MR) is 85.9 cm³/mol. The van der Waals surface area contributed by atoms with E-state index in [0.717, 1.165) is 5.56 Å². The molecular formula is C19H16F6O2. The summed E-state index contributed by atoms with van der Waals surface area (Å²) in [5.74, 6) is -0.138. The lowest BCUT2D eigenvalue weighted by molar-refractivity contribution is -0.143. The fourth-order valence-electron chi connectivity index (χ4n) is 2.39. The maximum atomic E-state index is 12.8. The largest absolute Gasteiger partial charge is 0.416 e. The second kappa shape index (κ2) is 8.56. The highest BCUT2D eigenvalue weighted by atomic mass is 19.4. The van der Waals surface area contributed by atoms with Crippen LogP contribution in [0, 0.1) is 0 Å². The molecule has 2 nitrogen and oxygen atoms in total. The van der Waals surface area contributed by atoms with Crippen LogP contribution >= 0.6 is 0 Å². The molecule has 0 N–H and O–H groups in total. The lowest BCUT2D eigenvalue weighted by atomic mass is 10.1. The predicted octanol–water partition coefficient (Wildman–Crippen LogP) is 5.44. The van der Waals surface area contributed by atoms with E-state index in [4.69, 9.17) is 4.74 Å². The van der Waals surface area contributed by atoms with E-state index < -0.39 is 30.1 Å². The van der Waals surface area contributed by atoms with Crippen LogP contribution in [0.25, 0.3) is 0 Å². The van der Waals surface area contributed by atoms with Crippen LogP contribution in [0.1, 0.15) is 28.7 Å². The molecule has 0 aliphatic rings. The van der Waals surface area contributed by atoms with Gasteiger partial charge in [0.05, 0.1) is 24.3 Å². The summed E-state index contributed by atoms with van der Waals surface area (Å²) < 4.78 is 81.8. The zero-order valence-electron chi connectivity index (χ0n) is 14.0. The van der Waals surface area contributed by atoms with Gasteiger partial charge in [0.1, 0.15) is 5.78 Å². The summed E-state index contributed by atoms with van der Waals surface area (Å²) in [6.45, 7) is -0.547. The van der Waals surface area contributed by atoms with Gasteiger partial charge in [-0.15, -0.1) is 0 Å². The Morgan fingerprint density at radius 3 is 1.89 bits per heavy atom. The van der Waals surface area contributed by atoms with Crippen molar-refractivity contribution in [2.75, 3.05) is 6.61 Å². The van der Waals surface area contributed by atoms with Crippen molar-refractivity contribution in [2.24, 2.45) is 0 Å². The van der Waals surface area contributed by atoms with Gasteiger partial charge in [-0.2, -0.15) is 26.3 Å². The highest BCUT2D eigenvalue weighted by Crippen LogP contribution is 2.36. The average Bonchev–Trinajstić information content (AvgIpc) is 2.58. The van der Waals surface area contributed by atoms with Crippen LogP contribution in [0.15, 0.2) is 48.5 Å². The zero-order valence-corrected chi connectivity index (χ0v) is 14.0. The molecule has 0 amide bonds. The van der Waals surface area contributed by atoms with Crippen molar-refractivity contribution in [1.82, 2.24) is 0 Å². The zero-order chi connectivity index (χ0) is 20.1. The van der Waals surface area contributed by atoms with Gasteiger partial charge in [-0.05, 0) is 29.3 Å². The Hall–Kier alpha value is -2.35. The number of halogens is 6. The Balaban J connectivity index is 1.94. The first kappa shape index (κ1) is 21.0. The van der Waals surface area contributed by atoms with Gasteiger partial charge in [-0.25, -0.2) is 0 Å². The molecule has 0 saturated carbocycles. The molecule has 2 aromatic rings. The van der Waals surface area contributed by atoms with E-state index in [1.807, 2.05) is 0 Å². The van der Waals surface area contributed by atoms with Gasteiger partial charge in [-0.1, -0.05) is 30.3 Å². The van der Waals surface area contributed by atoms with E-state index in [2.05, 4.69) is 0 Å². The Bertz CT molecular complexity index is 734. The Morgan fingerprint density at radius 2 is 1.37 bits per heavy atom. The van der Waals surface area contributed by atoms with Crippen LogP contribution in [0.3, 0.4) is 0 Å². The van der Waals surface area contributed by atoms with Gasteiger partial charge in [-0.3, -0.25) is 4.79 Å². The molecular weight excluding hydrogens is 374 g/mol. The van der Waals surface area contributed by atoms with Gasteiger partial charge in [0.2, 0.25) is 0 Å². The topological polar surface area (TPSA) is 26.3 Å². The van der Waals surface area contributed by atoms with Gasteiger partial charge >= 0.3 is 12.4 Å². The second-order valence-electron chi connectivity index (χ2n) is 5.92. The van der Waals surface area contributed by atoms with Gasteiger partial charge in [0.25, 0.3) is 0 Å². The lowest BCUT2D eigenvalue weighted by Gasteiger charge is -2.14. The maximum Gasteiger partial charge on any atom is 0.416 e. The molecule has 2 aromatic carbocycles.